The molecule has 0 bridgehead atoms. The van der Waals surface area contributed by atoms with Crippen LogP contribution in [-0.4, -0.2) is 20.5 Å². The minimum Gasteiger partial charge on any atom is -0.448 e. The van der Waals surface area contributed by atoms with Gasteiger partial charge in [0.1, 0.15) is 10.7 Å². The topological polar surface area (TPSA) is 84.0 Å². The predicted octanol–water partition coefficient (Wildman–Crippen LogP) is 2.11. The van der Waals surface area contributed by atoms with Crippen LogP contribution in [-0.2, 0) is 10.0 Å². The Hall–Kier alpha value is -1.93. The van der Waals surface area contributed by atoms with Gasteiger partial charge in [-0.25, -0.2) is 0 Å². The summed E-state index contributed by atoms with van der Waals surface area (Å²) < 4.78 is 33.1. The first-order valence-electron chi connectivity index (χ1n) is 5.55. The van der Waals surface area contributed by atoms with E-state index in [9.17, 15) is 8.42 Å². The molecule has 0 atom stereocenters. The summed E-state index contributed by atoms with van der Waals surface area (Å²) in [6.45, 7) is 0. The van der Waals surface area contributed by atoms with Crippen molar-refractivity contribution >= 4 is 38.0 Å². The molecule has 102 valence electrons. The van der Waals surface area contributed by atoms with Crippen LogP contribution in [0, 0.1) is 0 Å². The zero-order valence-corrected chi connectivity index (χ0v) is 12.3. The summed E-state index contributed by atoms with van der Waals surface area (Å²) in [5.74, 6) is 0.724. The fourth-order valence-electron chi connectivity index (χ4n) is 1.74. The second kappa shape index (κ2) is 4.88. The van der Waals surface area contributed by atoms with Crippen molar-refractivity contribution in [2.75, 3.05) is 0 Å². The van der Waals surface area contributed by atoms with E-state index in [-0.39, 0.29) is 10.7 Å². The fraction of sp³-hybridized carbons (Fsp3) is 0. The van der Waals surface area contributed by atoms with E-state index in [0.717, 1.165) is 0 Å². The monoisotopic (exact) mass is 353 g/mol. The number of benzene rings is 1. The van der Waals surface area contributed by atoms with Crippen molar-refractivity contribution in [1.82, 2.24) is 5.43 Å². The highest BCUT2D eigenvalue weighted by Gasteiger charge is 2.28. The van der Waals surface area contributed by atoms with Crippen LogP contribution in [0.5, 0.6) is 0 Å². The van der Waals surface area contributed by atoms with E-state index in [1.165, 1.54) is 12.3 Å². The van der Waals surface area contributed by atoms with Gasteiger partial charge in [0.05, 0.1) is 6.21 Å². The Balaban J connectivity index is 1.84. The minimum absolute atomic E-state index is 0.179. The SMILES string of the molecule is O=S1(=O)N=C(N/N=C\c2ccc(Br)o2)c2ccccc21. The zero-order valence-electron chi connectivity index (χ0n) is 9.95. The van der Waals surface area contributed by atoms with Crippen molar-refractivity contribution in [3.63, 3.8) is 0 Å². The molecule has 8 heteroatoms. The first-order valence-corrected chi connectivity index (χ1v) is 7.78. The van der Waals surface area contributed by atoms with Gasteiger partial charge in [-0.05, 0) is 40.2 Å². The standard InChI is InChI=1S/C12H8BrN3O3S/c13-11-6-5-8(19-11)7-14-15-12-9-3-1-2-4-10(9)20(17,18)16-12/h1-7H,(H,15,16)/b14-7-. The lowest BCUT2D eigenvalue weighted by atomic mass is 10.2. The number of hydrazone groups is 1. The maximum absolute atomic E-state index is 11.8. The number of sulfonamides is 1. The highest BCUT2D eigenvalue weighted by molar-refractivity contribution is 9.10. The Morgan fingerprint density at radius 1 is 1.25 bits per heavy atom. The van der Waals surface area contributed by atoms with E-state index in [1.807, 2.05) is 0 Å². The van der Waals surface area contributed by atoms with Crippen LogP contribution in [0.15, 0.2) is 59.9 Å². The molecule has 0 saturated heterocycles. The van der Waals surface area contributed by atoms with Crippen LogP contribution in [0.1, 0.15) is 11.3 Å². The first-order chi connectivity index (χ1) is 9.56. The second-order valence-corrected chi connectivity index (χ2v) is 6.28. The number of furan rings is 1. The van der Waals surface area contributed by atoms with Crippen molar-refractivity contribution in [2.45, 2.75) is 4.90 Å². The van der Waals surface area contributed by atoms with E-state index in [4.69, 9.17) is 4.42 Å². The summed E-state index contributed by atoms with van der Waals surface area (Å²) in [7, 11) is -3.63. The van der Waals surface area contributed by atoms with Gasteiger partial charge in [-0.1, -0.05) is 12.1 Å². The van der Waals surface area contributed by atoms with E-state index in [2.05, 4.69) is 30.9 Å². The highest BCUT2D eigenvalue weighted by atomic mass is 79.9. The van der Waals surface area contributed by atoms with Gasteiger partial charge in [0.2, 0.25) is 0 Å². The molecule has 6 nitrogen and oxygen atoms in total. The highest BCUT2D eigenvalue weighted by Crippen LogP contribution is 2.24. The molecule has 1 aliphatic heterocycles. The van der Waals surface area contributed by atoms with Crippen molar-refractivity contribution < 1.29 is 12.8 Å². The lowest BCUT2D eigenvalue weighted by Gasteiger charge is -1.99. The van der Waals surface area contributed by atoms with Gasteiger partial charge in [0.15, 0.2) is 10.5 Å². The Morgan fingerprint density at radius 2 is 2.05 bits per heavy atom. The van der Waals surface area contributed by atoms with Crippen molar-refractivity contribution in [2.24, 2.45) is 9.50 Å². The van der Waals surface area contributed by atoms with Crippen molar-refractivity contribution in [3.05, 3.63) is 52.4 Å². The van der Waals surface area contributed by atoms with E-state index in [1.54, 1.807) is 30.3 Å². The molecule has 0 amide bonds. The molecule has 0 saturated carbocycles. The van der Waals surface area contributed by atoms with Gasteiger partial charge in [0, 0.05) is 5.56 Å². The molecule has 2 heterocycles. The van der Waals surface area contributed by atoms with Crippen molar-refractivity contribution in [3.8, 4) is 0 Å². The third kappa shape index (κ3) is 2.39. The number of rotatable bonds is 2. The van der Waals surface area contributed by atoms with Crippen molar-refractivity contribution in [1.29, 1.82) is 0 Å². The van der Waals surface area contributed by atoms with Gasteiger partial charge >= 0.3 is 0 Å². The number of hydrogen-bond acceptors (Lipinski definition) is 5. The van der Waals surface area contributed by atoms with Crippen LogP contribution in [0.4, 0.5) is 0 Å². The van der Waals surface area contributed by atoms with Crippen LogP contribution in [0.3, 0.4) is 0 Å². The number of fused-ring (bicyclic) bond motifs is 1. The summed E-state index contributed by atoms with van der Waals surface area (Å²) in [5, 5.41) is 3.92. The van der Waals surface area contributed by atoms with E-state index < -0.39 is 10.0 Å². The average molecular weight is 354 g/mol. The minimum atomic E-state index is -3.63. The maximum atomic E-state index is 11.8. The number of nitrogens with one attached hydrogen (secondary N) is 1. The quantitative estimate of drug-likeness (QED) is 0.661. The second-order valence-electron chi connectivity index (χ2n) is 3.92. The van der Waals surface area contributed by atoms with Crippen LogP contribution in [0.25, 0.3) is 0 Å². The molecule has 0 radical (unpaired) electrons. The first kappa shape index (κ1) is 13.1. The molecule has 1 aromatic heterocycles. The maximum Gasteiger partial charge on any atom is 0.285 e. The normalized spacial score (nSPS) is 16.1. The molecule has 1 aliphatic rings. The molecule has 2 aromatic rings. The Kier molecular flexibility index (Phi) is 3.19. The third-order valence-electron chi connectivity index (χ3n) is 2.59. The molecule has 0 spiro atoms. The summed E-state index contributed by atoms with van der Waals surface area (Å²) in [4.78, 5) is 0.179. The van der Waals surface area contributed by atoms with Crippen LogP contribution >= 0.6 is 15.9 Å². The largest absolute Gasteiger partial charge is 0.448 e. The smallest absolute Gasteiger partial charge is 0.285 e. The predicted molar refractivity (Wildman–Crippen MR) is 77.3 cm³/mol. The summed E-state index contributed by atoms with van der Waals surface area (Å²) in [6, 6.07) is 10.0. The zero-order chi connectivity index (χ0) is 14.2. The summed E-state index contributed by atoms with van der Waals surface area (Å²) in [5.41, 5.74) is 3.12. The molecule has 20 heavy (non-hydrogen) atoms. The molecule has 0 unspecified atom stereocenters. The van der Waals surface area contributed by atoms with Gasteiger partial charge in [-0.2, -0.15) is 13.5 Å². The van der Waals surface area contributed by atoms with Gasteiger partial charge in [-0.3, -0.25) is 5.43 Å². The average Bonchev–Trinajstić information content (AvgIpc) is 2.93. The number of halogens is 1. The summed E-state index contributed by atoms with van der Waals surface area (Å²) in [6.07, 6.45) is 1.43. The Labute approximate surface area is 123 Å². The fourth-order valence-corrected chi connectivity index (χ4v) is 3.23. The van der Waals surface area contributed by atoms with E-state index >= 15 is 0 Å². The number of nitrogens with zero attached hydrogens (tertiary/aromatic N) is 2. The van der Waals surface area contributed by atoms with Crippen LogP contribution < -0.4 is 5.43 Å². The van der Waals surface area contributed by atoms with Gasteiger partial charge < -0.3 is 4.42 Å². The summed E-state index contributed by atoms with van der Waals surface area (Å²) >= 11 is 3.17. The number of amidine groups is 1. The lowest BCUT2D eigenvalue weighted by molar-refractivity contribution is 0.534. The Bertz CT molecular complexity index is 824. The number of hydrogen-bond donors (Lipinski definition) is 1. The van der Waals surface area contributed by atoms with Gasteiger partial charge in [0.25, 0.3) is 10.0 Å². The molecule has 3 rings (SSSR count). The molecule has 0 aliphatic carbocycles. The molecular weight excluding hydrogens is 346 g/mol. The third-order valence-corrected chi connectivity index (χ3v) is 4.35. The van der Waals surface area contributed by atoms with Gasteiger partial charge in [-0.15, -0.1) is 4.40 Å². The molecule has 1 aromatic carbocycles. The van der Waals surface area contributed by atoms with Crippen LogP contribution in [0.2, 0.25) is 0 Å². The molecule has 0 fully saturated rings. The molecular formula is C12H8BrN3O3S. The molecule has 1 N–H and O–H groups in total. The lowest BCUT2D eigenvalue weighted by Crippen LogP contribution is -2.17. The Morgan fingerprint density at radius 3 is 2.80 bits per heavy atom. The van der Waals surface area contributed by atoms with E-state index in [0.29, 0.717) is 16.0 Å².